The van der Waals surface area contributed by atoms with Gasteiger partial charge in [-0.25, -0.2) is 0 Å². The van der Waals surface area contributed by atoms with Gasteiger partial charge in [0.05, 0.1) is 7.11 Å². The molecule has 0 aliphatic heterocycles. The summed E-state index contributed by atoms with van der Waals surface area (Å²) in [6.07, 6.45) is 1.47. The van der Waals surface area contributed by atoms with Crippen LogP contribution in [0.1, 0.15) is 22.3 Å². The zero-order valence-corrected chi connectivity index (χ0v) is 19.9. The van der Waals surface area contributed by atoms with Gasteiger partial charge in [0.15, 0.2) is 18.1 Å². The summed E-state index contributed by atoms with van der Waals surface area (Å²) in [6.45, 7) is 4.04. The molecule has 2 amide bonds. The van der Waals surface area contributed by atoms with Crippen molar-refractivity contribution >= 4 is 23.6 Å². The number of amides is 2. The normalized spacial score (nSPS) is 10.7. The summed E-state index contributed by atoms with van der Waals surface area (Å²) in [6, 6.07) is 22.0. The molecule has 0 saturated heterocycles. The van der Waals surface area contributed by atoms with Gasteiger partial charge in [0.2, 0.25) is 0 Å². The predicted octanol–water partition coefficient (Wildman–Crippen LogP) is 4.55. The third kappa shape index (κ3) is 6.95. The second kappa shape index (κ2) is 12.1. The lowest BCUT2D eigenvalue weighted by atomic mass is 10.1. The molecule has 35 heavy (non-hydrogen) atoms. The molecule has 3 rings (SSSR count). The first-order chi connectivity index (χ1) is 16.9. The van der Waals surface area contributed by atoms with E-state index < -0.39 is 5.91 Å². The molecule has 0 aliphatic carbocycles. The van der Waals surface area contributed by atoms with Crippen LogP contribution >= 0.6 is 0 Å². The fourth-order valence-corrected chi connectivity index (χ4v) is 3.30. The number of anilines is 1. The molecule has 0 aliphatic rings. The number of carbonyl (C=O) groups excluding carboxylic acids is 2. The Labute approximate surface area is 205 Å². The second-order valence-corrected chi connectivity index (χ2v) is 7.83. The smallest absolute Gasteiger partial charge is 0.262 e. The van der Waals surface area contributed by atoms with Gasteiger partial charge in [0.1, 0.15) is 11.6 Å². The lowest BCUT2D eigenvalue weighted by molar-refractivity contribution is -0.118. The van der Waals surface area contributed by atoms with Crippen molar-refractivity contribution in [1.82, 2.24) is 5.32 Å². The summed E-state index contributed by atoms with van der Waals surface area (Å²) in [4.78, 5) is 24.8. The number of aryl methyl sites for hydroxylation is 1. The van der Waals surface area contributed by atoms with Crippen LogP contribution in [-0.2, 0) is 16.1 Å². The van der Waals surface area contributed by atoms with Crippen molar-refractivity contribution in [3.63, 3.8) is 0 Å². The number of ether oxygens (including phenoxy) is 2. The Balaban J connectivity index is 1.64. The Hall–Kier alpha value is -4.57. The average molecular weight is 470 g/mol. The zero-order chi connectivity index (χ0) is 25.2. The van der Waals surface area contributed by atoms with Crippen molar-refractivity contribution in [1.29, 1.82) is 5.26 Å². The molecule has 0 spiro atoms. The SMILES string of the molecule is COc1cc(/C=C(\C#N)C(=O)NCc2ccccc2)ccc1OCC(=O)Nc1cccc(C)c1C. The molecule has 7 heteroatoms. The fraction of sp³-hybridized carbons (Fsp3) is 0.179. The van der Waals surface area contributed by atoms with Crippen molar-refractivity contribution in [2.24, 2.45) is 0 Å². The molecular formula is C28H27N3O4. The minimum Gasteiger partial charge on any atom is -0.493 e. The molecule has 3 aromatic carbocycles. The van der Waals surface area contributed by atoms with Crippen LogP contribution in [0.3, 0.4) is 0 Å². The summed E-state index contributed by atoms with van der Waals surface area (Å²) in [5.74, 6) is -0.0293. The molecule has 0 bridgehead atoms. The van der Waals surface area contributed by atoms with E-state index in [0.29, 0.717) is 23.6 Å². The number of hydrogen-bond acceptors (Lipinski definition) is 5. The van der Waals surface area contributed by atoms with E-state index in [9.17, 15) is 14.9 Å². The number of benzene rings is 3. The first-order valence-corrected chi connectivity index (χ1v) is 11.0. The Morgan fingerprint density at radius 1 is 1.00 bits per heavy atom. The third-order valence-electron chi connectivity index (χ3n) is 5.40. The van der Waals surface area contributed by atoms with Gasteiger partial charge in [-0.1, -0.05) is 48.5 Å². The van der Waals surface area contributed by atoms with E-state index in [-0.39, 0.29) is 18.1 Å². The topological polar surface area (TPSA) is 100 Å². The first kappa shape index (κ1) is 25.1. The number of methoxy groups -OCH3 is 1. The highest BCUT2D eigenvalue weighted by Gasteiger charge is 2.12. The van der Waals surface area contributed by atoms with E-state index in [2.05, 4.69) is 10.6 Å². The van der Waals surface area contributed by atoms with Gasteiger partial charge in [-0.05, 0) is 60.4 Å². The largest absolute Gasteiger partial charge is 0.493 e. The minimum absolute atomic E-state index is 0.0374. The Bertz CT molecular complexity index is 1280. The molecule has 0 atom stereocenters. The quantitative estimate of drug-likeness (QED) is 0.354. The summed E-state index contributed by atoms with van der Waals surface area (Å²) in [5.41, 5.74) is 4.30. The van der Waals surface area contributed by atoms with Crippen molar-refractivity contribution in [2.75, 3.05) is 19.0 Å². The van der Waals surface area contributed by atoms with Crippen LogP contribution in [0, 0.1) is 25.2 Å². The van der Waals surface area contributed by atoms with Crippen molar-refractivity contribution < 1.29 is 19.1 Å². The maximum atomic E-state index is 12.4. The van der Waals surface area contributed by atoms with Gasteiger partial charge in [0.25, 0.3) is 11.8 Å². The third-order valence-corrected chi connectivity index (χ3v) is 5.40. The van der Waals surface area contributed by atoms with Gasteiger partial charge in [-0.2, -0.15) is 5.26 Å². The van der Waals surface area contributed by atoms with Crippen LogP contribution in [-0.4, -0.2) is 25.5 Å². The van der Waals surface area contributed by atoms with Crippen LogP contribution in [0.5, 0.6) is 11.5 Å². The molecule has 0 heterocycles. The molecule has 0 fully saturated rings. The van der Waals surface area contributed by atoms with Crippen molar-refractivity contribution in [3.8, 4) is 17.6 Å². The van der Waals surface area contributed by atoms with Gasteiger partial charge < -0.3 is 20.1 Å². The lowest BCUT2D eigenvalue weighted by Crippen LogP contribution is -2.23. The van der Waals surface area contributed by atoms with Crippen LogP contribution < -0.4 is 20.1 Å². The lowest BCUT2D eigenvalue weighted by Gasteiger charge is -2.13. The molecule has 0 radical (unpaired) electrons. The number of nitrogens with zero attached hydrogens (tertiary/aromatic N) is 1. The summed E-state index contributed by atoms with van der Waals surface area (Å²) in [5, 5.41) is 15.0. The molecule has 0 aromatic heterocycles. The monoisotopic (exact) mass is 469 g/mol. The Kier molecular flexibility index (Phi) is 8.63. The highest BCUT2D eigenvalue weighted by Crippen LogP contribution is 2.29. The van der Waals surface area contributed by atoms with Gasteiger partial charge >= 0.3 is 0 Å². The van der Waals surface area contributed by atoms with E-state index in [1.54, 1.807) is 18.2 Å². The molecule has 7 nitrogen and oxygen atoms in total. The molecule has 2 N–H and O–H groups in total. The predicted molar refractivity (Wildman–Crippen MR) is 135 cm³/mol. The van der Waals surface area contributed by atoms with Crippen molar-refractivity contribution in [2.45, 2.75) is 20.4 Å². The number of nitrogens with one attached hydrogen (secondary N) is 2. The maximum absolute atomic E-state index is 12.4. The molecule has 178 valence electrons. The number of hydrogen-bond donors (Lipinski definition) is 2. The minimum atomic E-state index is -0.473. The average Bonchev–Trinajstić information content (AvgIpc) is 2.88. The Morgan fingerprint density at radius 2 is 1.77 bits per heavy atom. The number of rotatable bonds is 9. The van der Waals surface area contributed by atoms with Crippen LogP contribution in [0.2, 0.25) is 0 Å². The molecule has 0 saturated carbocycles. The van der Waals surface area contributed by atoms with Crippen LogP contribution in [0.15, 0.2) is 72.3 Å². The maximum Gasteiger partial charge on any atom is 0.262 e. The van der Waals surface area contributed by atoms with E-state index in [1.165, 1.54) is 13.2 Å². The van der Waals surface area contributed by atoms with E-state index >= 15 is 0 Å². The highest BCUT2D eigenvalue weighted by molar-refractivity contribution is 6.01. The van der Waals surface area contributed by atoms with E-state index in [1.807, 2.05) is 68.4 Å². The zero-order valence-electron chi connectivity index (χ0n) is 19.9. The molecule has 0 unspecified atom stereocenters. The van der Waals surface area contributed by atoms with E-state index in [0.717, 1.165) is 22.4 Å². The highest BCUT2D eigenvalue weighted by atomic mass is 16.5. The summed E-state index contributed by atoms with van der Waals surface area (Å²) in [7, 11) is 1.48. The van der Waals surface area contributed by atoms with Gasteiger partial charge in [0, 0.05) is 12.2 Å². The molecule has 3 aromatic rings. The fourth-order valence-electron chi connectivity index (χ4n) is 3.30. The van der Waals surface area contributed by atoms with Crippen molar-refractivity contribution in [3.05, 3.63) is 94.6 Å². The standard InChI is InChI=1S/C28H27N3O4/c1-19-8-7-11-24(20(19)2)31-27(32)18-35-25-13-12-22(15-26(25)34-3)14-23(16-29)28(33)30-17-21-9-5-4-6-10-21/h4-15H,17-18H2,1-3H3,(H,30,33)(H,31,32)/b23-14+. The second-order valence-electron chi connectivity index (χ2n) is 7.83. The molecular weight excluding hydrogens is 442 g/mol. The Morgan fingerprint density at radius 3 is 2.49 bits per heavy atom. The number of nitriles is 1. The number of carbonyl (C=O) groups is 2. The first-order valence-electron chi connectivity index (χ1n) is 11.0. The summed E-state index contributed by atoms with van der Waals surface area (Å²) >= 11 is 0. The van der Waals surface area contributed by atoms with Crippen LogP contribution in [0.25, 0.3) is 6.08 Å². The van der Waals surface area contributed by atoms with Gasteiger partial charge in [-0.15, -0.1) is 0 Å². The van der Waals surface area contributed by atoms with Crippen LogP contribution in [0.4, 0.5) is 5.69 Å². The summed E-state index contributed by atoms with van der Waals surface area (Å²) < 4.78 is 11.0. The van der Waals surface area contributed by atoms with E-state index in [4.69, 9.17) is 9.47 Å². The van der Waals surface area contributed by atoms with Gasteiger partial charge in [-0.3, -0.25) is 9.59 Å².